The number of aliphatic carboxylic acids is 1. The summed E-state index contributed by atoms with van der Waals surface area (Å²) in [6.45, 7) is -0.114. The van der Waals surface area contributed by atoms with Gasteiger partial charge in [-0.15, -0.1) is 0 Å². The van der Waals surface area contributed by atoms with E-state index in [2.05, 4.69) is 25.4 Å². The van der Waals surface area contributed by atoms with E-state index in [1.807, 2.05) is 12.1 Å². The van der Waals surface area contributed by atoms with Crippen LogP contribution in [0.2, 0.25) is 0 Å². The number of aromatic nitrogens is 6. The summed E-state index contributed by atoms with van der Waals surface area (Å²) in [5, 5.41) is 40.4. The van der Waals surface area contributed by atoms with E-state index in [0.717, 1.165) is 5.39 Å². The Morgan fingerprint density at radius 2 is 1.93 bits per heavy atom. The summed E-state index contributed by atoms with van der Waals surface area (Å²) < 4.78 is 9.19. The van der Waals surface area contributed by atoms with Crippen molar-refractivity contribution in [1.29, 1.82) is 0 Å². The number of benzene rings is 1. The minimum absolute atomic E-state index is 0.0935. The molecule has 1 aliphatic heterocycles. The Balaban J connectivity index is 1.37. The minimum Gasteiger partial charge on any atom is -0.480 e. The first-order chi connectivity index (χ1) is 21.6. The van der Waals surface area contributed by atoms with Crippen molar-refractivity contribution >= 4 is 51.1 Å². The van der Waals surface area contributed by atoms with Gasteiger partial charge >= 0.3 is 5.97 Å². The number of aryl methyl sites for hydroxylation is 1. The van der Waals surface area contributed by atoms with Crippen LogP contribution in [0.1, 0.15) is 12.6 Å². The van der Waals surface area contributed by atoms with Crippen molar-refractivity contribution in [2.45, 2.75) is 37.0 Å². The molecule has 5 atom stereocenters. The van der Waals surface area contributed by atoms with Crippen LogP contribution in [0.4, 0.5) is 17.3 Å². The number of carboxylic acid groups (broad SMARTS) is 1. The Morgan fingerprint density at radius 3 is 2.64 bits per heavy atom. The van der Waals surface area contributed by atoms with Gasteiger partial charge in [0.05, 0.1) is 16.6 Å². The topological polar surface area (TPSA) is 233 Å². The van der Waals surface area contributed by atoms with Gasteiger partial charge < -0.3 is 46.3 Å². The van der Waals surface area contributed by atoms with Crippen molar-refractivity contribution in [2.75, 3.05) is 29.5 Å². The molecule has 1 fully saturated rings. The van der Waals surface area contributed by atoms with Crippen LogP contribution < -0.4 is 21.7 Å². The molecule has 1 saturated heterocycles. The smallest absolute Gasteiger partial charge is 0.320 e. The summed E-state index contributed by atoms with van der Waals surface area (Å²) in [5.41, 5.74) is 14.4. The molecule has 6 rings (SSSR count). The summed E-state index contributed by atoms with van der Waals surface area (Å²) in [6, 6.07) is 9.33. The lowest BCUT2D eigenvalue weighted by molar-refractivity contribution is -0.139. The number of aliphatic hydroxyl groups excluding tert-OH is 2. The summed E-state index contributed by atoms with van der Waals surface area (Å²) >= 11 is 0. The molecule has 234 valence electrons. The van der Waals surface area contributed by atoms with Crippen molar-refractivity contribution in [3.63, 3.8) is 0 Å². The van der Waals surface area contributed by atoms with Crippen LogP contribution >= 0.6 is 0 Å². The number of hydrogen-bond donors (Lipinski definition) is 6. The van der Waals surface area contributed by atoms with Gasteiger partial charge in [-0.2, -0.15) is 5.10 Å². The Kier molecular flexibility index (Phi) is 7.80. The second-order valence-corrected chi connectivity index (χ2v) is 10.8. The van der Waals surface area contributed by atoms with E-state index in [1.54, 1.807) is 55.4 Å². The summed E-state index contributed by atoms with van der Waals surface area (Å²) in [6.07, 6.45) is -1.43. The number of aliphatic hydroxyl groups is 2. The monoisotopic (exact) mass is 616 g/mol. The van der Waals surface area contributed by atoms with Crippen LogP contribution in [0.3, 0.4) is 0 Å². The van der Waals surface area contributed by atoms with Gasteiger partial charge in [0.1, 0.15) is 41.9 Å². The molecule has 0 aliphatic carbocycles. The summed E-state index contributed by atoms with van der Waals surface area (Å²) in [4.78, 5) is 39.9. The molecule has 5 heterocycles. The average Bonchev–Trinajstić information content (AvgIpc) is 3.72. The quantitative estimate of drug-likeness (QED) is 0.132. The fourth-order valence-corrected chi connectivity index (χ4v) is 5.47. The maximum absolute atomic E-state index is 14.1. The number of fused-ring (bicyclic) bond motifs is 2. The van der Waals surface area contributed by atoms with Gasteiger partial charge in [0, 0.05) is 49.7 Å². The molecule has 0 bridgehead atoms. The number of carbonyl (C=O) groups excluding carboxylic acids is 1. The number of hydrogen-bond acceptors (Lipinski definition) is 12. The van der Waals surface area contributed by atoms with Crippen molar-refractivity contribution in [3.05, 3.63) is 55.1 Å². The number of pyridine rings is 1. The second kappa shape index (κ2) is 11.7. The Bertz CT molecular complexity index is 1910. The molecule has 1 aromatic carbocycles. The number of rotatable bonds is 9. The predicted molar refractivity (Wildman–Crippen MR) is 164 cm³/mol. The predicted octanol–water partition coefficient (Wildman–Crippen LogP) is 0.458. The van der Waals surface area contributed by atoms with Gasteiger partial charge in [-0.25, -0.2) is 15.0 Å². The molecular weight excluding hydrogens is 584 g/mol. The van der Waals surface area contributed by atoms with Gasteiger partial charge in [-0.05, 0) is 36.8 Å². The lowest BCUT2D eigenvalue weighted by Crippen LogP contribution is -2.47. The largest absolute Gasteiger partial charge is 0.480 e. The number of ether oxygens (including phenoxy) is 1. The Morgan fingerprint density at radius 1 is 1.16 bits per heavy atom. The van der Waals surface area contributed by atoms with E-state index >= 15 is 0 Å². The van der Waals surface area contributed by atoms with Gasteiger partial charge in [0.2, 0.25) is 0 Å². The van der Waals surface area contributed by atoms with E-state index in [1.165, 1.54) is 15.8 Å². The van der Waals surface area contributed by atoms with E-state index in [-0.39, 0.29) is 18.8 Å². The summed E-state index contributed by atoms with van der Waals surface area (Å²) in [5.74, 6) is -1.15. The minimum atomic E-state index is -1.65. The highest BCUT2D eigenvalue weighted by Crippen LogP contribution is 2.38. The Labute approximate surface area is 255 Å². The van der Waals surface area contributed by atoms with Crippen molar-refractivity contribution in [2.24, 2.45) is 12.8 Å². The molecule has 16 nitrogen and oxygen atoms in total. The fourth-order valence-electron chi connectivity index (χ4n) is 5.47. The number of nitrogen functional groups attached to an aromatic ring is 1. The first-order valence-corrected chi connectivity index (χ1v) is 14.1. The van der Waals surface area contributed by atoms with Crippen LogP contribution in [0.5, 0.6) is 0 Å². The standard InChI is InChI=1S/C29H32N10O6/c1-32-20-6-4-14-3-5-15(11-19(14)35-20)38(10-7-17(30)29(43)44)27(42)24-22(40)23(41)28(45-24)39-12-16(18-8-9-37(2)36-18)21-25(31)33-13-34-26(21)39/h3-6,8-9,11-13,17,22-24,28,40-41H,7,10,30H2,1-2H3,(H,32,35)(H,43,44)(H2,31,33,34)/t17-,22-,23+,24-,28+/m0/s1. The zero-order chi connectivity index (χ0) is 32.0. The van der Waals surface area contributed by atoms with Gasteiger partial charge in [0.25, 0.3) is 5.91 Å². The molecule has 45 heavy (non-hydrogen) atoms. The molecule has 16 heteroatoms. The highest BCUT2D eigenvalue weighted by atomic mass is 16.6. The highest BCUT2D eigenvalue weighted by Gasteiger charge is 2.49. The van der Waals surface area contributed by atoms with Crippen LogP contribution in [-0.4, -0.2) is 94.4 Å². The highest BCUT2D eigenvalue weighted by molar-refractivity contribution is 6.01. The van der Waals surface area contributed by atoms with Crippen LogP contribution in [-0.2, 0) is 21.4 Å². The van der Waals surface area contributed by atoms with Crippen LogP contribution in [0.25, 0.3) is 33.2 Å². The lowest BCUT2D eigenvalue weighted by atomic mass is 10.1. The summed E-state index contributed by atoms with van der Waals surface area (Å²) in [7, 11) is 3.49. The number of nitrogens with zero attached hydrogens (tertiary/aromatic N) is 7. The number of nitrogens with one attached hydrogen (secondary N) is 1. The third kappa shape index (κ3) is 5.40. The average molecular weight is 617 g/mol. The van der Waals surface area contributed by atoms with Gasteiger partial charge in [-0.3, -0.25) is 14.3 Å². The van der Waals surface area contributed by atoms with Crippen LogP contribution in [0.15, 0.2) is 55.1 Å². The molecule has 0 radical (unpaired) electrons. The zero-order valence-corrected chi connectivity index (χ0v) is 24.3. The van der Waals surface area contributed by atoms with E-state index in [0.29, 0.717) is 39.3 Å². The van der Waals surface area contributed by atoms with Crippen LogP contribution in [0, 0.1) is 0 Å². The molecule has 4 aromatic heterocycles. The van der Waals surface area contributed by atoms with E-state index in [4.69, 9.17) is 16.2 Å². The number of amides is 1. The van der Waals surface area contributed by atoms with E-state index in [9.17, 15) is 24.9 Å². The molecule has 5 aromatic rings. The maximum Gasteiger partial charge on any atom is 0.320 e. The third-order valence-electron chi connectivity index (χ3n) is 7.87. The molecule has 0 spiro atoms. The lowest BCUT2D eigenvalue weighted by Gasteiger charge is -2.27. The zero-order valence-electron chi connectivity index (χ0n) is 24.3. The molecule has 1 aliphatic rings. The maximum atomic E-state index is 14.1. The third-order valence-corrected chi connectivity index (χ3v) is 7.87. The second-order valence-electron chi connectivity index (χ2n) is 10.8. The van der Waals surface area contributed by atoms with Crippen molar-refractivity contribution in [1.82, 2.24) is 29.3 Å². The molecular formula is C29H32N10O6. The molecule has 1 amide bonds. The SMILES string of the molecule is CNc1ccc2ccc(N(CC[C@H](N)C(=O)O)C(=O)[C@H]3O[C@@H](n4cc(-c5ccn(C)n5)c5c(N)ncnc54)[C@H](O)[C@@H]3O)cc2n1. The number of nitrogens with two attached hydrogens (primary N) is 2. The molecule has 0 unspecified atom stereocenters. The Hall–Kier alpha value is -5.16. The van der Waals surface area contributed by atoms with Crippen molar-refractivity contribution in [3.8, 4) is 11.3 Å². The fraction of sp³-hybridized carbons (Fsp3) is 0.310. The van der Waals surface area contributed by atoms with E-state index < -0.39 is 42.5 Å². The normalized spacial score (nSPS) is 20.5. The van der Waals surface area contributed by atoms with Gasteiger partial charge in [0.15, 0.2) is 12.3 Å². The number of anilines is 3. The number of carbonyl (C=O) groups is 2. The van der Waals surface area contributed by atoms with Crippen molar-refractivity contribution < 1.29 is 29.6 Å². The number of carboxylic acids is 1. The first kappa shape index (κ1) is 29.9. The first-order valence-electron chi connectivity index (χ1n) is 14.1. The van der Waals surface area contributed by atoms with Gasteiger partial charge in [-0.1, -0.05) is 6.07 Å². The molecule has 8 N–H and O–H groups in total. The molecule has 0 saturated carbocycles.